The fourth-order valence-corrected chi connectivity index (χ4v) is 3.06. The quantitative estimate of drug-likeness (QED) is 0.817. The van der Waals surface area contributed by atoms with Crippen molar-refractivity contribution in [3.05, 3.63) is 0 Å². The lowest BCUT2D eigenvalue weighted by molar-refractivity contribution is -0.141. The normalized spacial score (nSPS) is 26.0. The second-order valence-corrected chi connectivity index (χ2v) is 6.34. The smallest absolute Gasteiger partial charge is 0.305 e. The summed E-state index contributed by atoms with van der Waals surface area (Å²) in [5.41, 5.74) is 0.0768. The van der Waals surface area contributed by atoms with Crippen LogP contribution < -0.4 is 0 Å². The van der Waals surface area contributed by atoms with Gasteiger partial charge in [0.25, 0.3) is 0 Å². The maximum absolute atomic E-state index is 12.6. The number of aliphatic carboxylic acids is 1. The third-order valence-corrected chi connectivity index (χ3v) is 4.39. The molecule has 0 bridgehead atoms. The van der Waals surface area contributed by atoms with E-state index < -0.39 is 5.97 Å². The molecule has 0 aliphatic heterocycles. The summed E-state index contributed by atoms with van der Waals surface area (Å²) >= 11 is 0. The van der Waals surface area contributed by atoms with Gasteiger partial charge in [0, 0.05) is 18.5 Å². The molecule has 4 heteroatoms. The van der Waals surface area contributed by atoms with E-state index in [0.29, 0.717) is 12.6 Å². The van der Waals surface area contributed by atoms with Crippen molar-refractivity contribution in [2.24, 2.45) is 11.3 Å². The van der Waals surface area contributed by atoms with E-state index in [1.54, 1.807) is 0 Å². The lowest BCUT2D eigenvalue weighted by atomic mass is 9.81. The number of hydrogen-bond acceptors (Lipinski definition) is 2. The first kappa shape index (κ1) is 13.4. The van der Waals surface area contributed by atoms with Gasteiger partial charge in [-0.25, -0.2) is 0 Å². The largest absolute Gasteiger partial charge is 0.481 e. The molecule has 0 saturated heterocycles. The molecule has 0 heterocycles. The Bertz CT molecular complexity index is 347. The Labute approximate surface area is 108 Å². The highest BCUT2D eigenvalue weighted by Crippen LogP contribution is 2.44. The lowest BCUT2D eigenvalue weighted by Gasteiger charge is -2.32. The van der Waals surface area contributed by atoms with Gasteiger partial charge in [0.15, 0.2) is 0 Å². The van der Waals surface area contributed by atoms with Crippen molar-refractivity contribution in [3.8, 4) is 0 Å². The van der Waals surface area contributed by atoms with Gasteiger partial charge in [-0.2, -0.15) is 0 Å². The summed E-state index contributed by atoms with van der Waals surface area (Å²) in [6, 6.07) is 0.313. The van der Waals surface area contributed by atoms with Crippen molar-refractivity contribution in [1.29, 1.82) is 0 Å². The predicted molar refractivity (Wildman–Crippen MR) is 68.1 cm³/mol. The van der Waals surface area contributed by atoms with E-state index in [0.717, 1.165) is 32.1 Å². The molecule has 2 fully saturated rings. The molecule has 1 unspecified atom stereocenters. The molecule has 0 radical (unpaired) electrons. The van der Waals surface area contributed by atoms with E-state index in [-0.39, 0.29) is 23.7 Å². The Morgan fingerprint density at radius 3 is 2.39 bits per heavy atom. The molecule has 102 valence electrons. The summed E-state index contributed by atoms with van der Waals surface area (Å²) in [6.07, 6.45) is 5.32. The predicted octanol–water partition coefficient (Wildman–Crippen LogP) is 2.28. The molecule has 1 N–H and O–H groups in total. The Kier molecular flexibility index (Phi) is 3.64. The van der Waals surface area contributed by atoms with Gasteiger partial charge in [0.05, 0.1) is 6.42 Å². The van der Waals surface area contributed by atoms with Crippen molar-refractivity contribution >= 4 is 11.9 Å². The summed E-state index contributed by atoms with van der Waals surface area (Å²) < 4.78 is 0. The molecule has 0 aromatic rings. The number of carboxylic acid groups (broad SMARTS) is 1. The van der Waals surface area contributed by atoms with Crippen molar-refractivity contribution in [3.63, 3.8) is 0 Å². The number of carboxylic acids is 1. The number of carbonyl (C=O) groups excluding carboxylic acids is 1. The summed E-state index contributed by atoms with van der Waals surface area (Å²) in [6.45, 7) is 4.70. The molecule has 1 amide bonds. The van der Waals surface area contributed by atoms with E-state index in [1.807, 2.05) is 4.90 Å². The zero-order valence-electron chi connectivity index (χ0n) is 11.3. The molecular formula is C14H23NO3. The van der Waals surface area contributed by atoms with Crippen LogP contribution in [0, 0.1) is 11.3 Å². The van der Waals surface area contributed by atoms with Gasteiger partial charge in [-0.05, 0) is 31.1 Å². The van der Waals surface area contributed by atoms with Crippen LogP contribution >= 0.6 is 0 Å². The Morgan fingerprint density at radius 1 is 1.28 bits per heavy atom. The van der Waals surface area contributed by atoms with Crippen molar-refractivity contribution in [1.82, 2.24) is 4.90 Å². The minimum Gasteiger partial charge on any atom is -0.481 e. The molecule has 2 saturated carbocycles. The molecule has 2 rings (SSSR count). The Balaban J connectivity index is 2.01. The molecule has 18 heavy (non-hydrogen) atoms. The molecule has 0 aromatic heterocycles. The summed E-state index contributed by atoms with van der Waals surface area (Å²) in [5, 5.41) is 8.78. The Morgan fingerprint density at radius 2 is 1.94 bits per heavy atom. The van der Waals surface area contributed by atoms with Crippen LogP contribution in [0.5, 0.6) is 0 Å². The molecule has 4 nitrogen and oxygen atoms in total. The maximum Gasteiger partial charge on any atom is 0.305 e. The zero-order chi connectivity index (χ0) is 13.3. The Hall–Kier alpha value is -1.06. The molecule has 2 aliphatic carbocycles. The first-order chi connectivity index (χ1) is 8.42. The van der Waals surface area contributed by atoms with Crippen molar-refractivity contribution in [2.45, 2.75) is 58.4 Å². The molecule has 1 atom stereocenters. The number of rotatable bonds is 5. The van der Waals surface area contributed by atoms with Crippen LogP contribution in [0.1, 0.15) is 52.4 Å². The molecule has 0 aromatic carbocycles. The monoisotopic (exact) mass is 253 g/mol. The van der Waals surface area contributed by atoms with Gasteiger partial charge in [0.1, 0.15) is 0 Å². The van der Waals surface area contributed by atoms with Gasteiger partial charge in [-0.15, -0.1) is 0 Å². The van der Waals surface area contributed by atoms with Crippen LogP contribution in [-0.2, 0) is 9.59 Å². The number of hydrogen-bond donors (Lipinski definition) is 1. The third-order valence-electron chi connectivity index (χ3n) is 4.39. The van der Waals surface area contributed by atoms with Crippen LogP contribution in [0.25, 0.3) is 0 Å². The molecule has 0 spiro atoms. The molecule has 2 aliphatic rings. The van der Waals surface area contributed by atoms with Gasteiger partial charge >= 0.3 is 5.97 Å². The first-order valence-electron chi connectivity index (χ1n) is 6.94. The third kappa shape index (κ3) is 2.85. The van der Waals surface area contributed by atoms with E-state index in [9.17, 15) is 9.59 Å². The fraction of sp³-hybridized carbons (Fsp3) is 0.857. The summed E-state index contributed by atoms with van der Waals surface area (Å²) in [5.74, 6) is -0.535. The zero-order valence-corrected chi connectivity index (χ0v) is 11.3. The average molecular weight is 253 g/mol. The van der Waals surface area contributed by atoms with E-state index >= 15 is 0 Å². The van der Waals surface area contributed by atoms with Crippen molar-refractivity contribution in [2.75, 3.05) is 6.54 Å². The minimum absolute atomic E-state index is 0.0649. The average Bonchev–Trinajstić information content (AvgIpc) is 3.02. The van der Waals surface area contributed by atoms with Crippen LogP contribution in [0.2, 0.25) is 0 Å². The fourth-order valence-electron chi connectivity index (χ4n) is 3.06. The summed E-state index contributed by atoms with van der Waals surface area (Å²) in [7, 11) is 0. The van der Waals surface area contributed by atoms with Crippen LogP contribution in [0.15, 0.2) is 0 Å². The topological polar surface area (TPSA) is 57.6 Å². The standard InChI is InChI=1S/C14H23NO3/c1-14(2)8-3-4-11(14)13(18)15(10-5-6-10)9-7-12(16)17/h10-11H,3-9H2,1-2H3,(H,16,17). The van der Waals surface area contributed by atoms with Gasteiger partial charge < -0.3 is 10.0 Å². The second-order valence-electron chi connectivity index (χ2n) is 6.34. The highest BCUT2D eigenvalue weighted by Gasteiger charge is 2.44. The van der Waals surface area contributed by atoms with E-state index in [4.69, 9.17) is 5.11 Å². The minimum atomic E-state index is -0.820. The van der Waals surface area contributed by atoms with Crippen molar-refractivity contribution < 1.29 is 14.7 Å². The van der Waals surface area contributed by atoms with Gasteiger partial charge in [-0.3, -0.25) is 9.59 Å². The first-order valence-corrected chi connectivity index (χ1v) is 6.94. The number of carbonyl (C=O) groups is 2. The SMILES string of the molecule is CC1(C)CCCC1C(=O)N(CCC(=O)O)C1CC1. The summed E-state index contributed by atoms with van der Waals surface area (Å²) in [4.78, 5) is 25.1. The van der Waals surface area contributed by atoms with Crippen LogP contribution in [0.4, 0.5) is 0 Å². The highest BCUT2D eigenvalue weighted by molar-refractivity contribution is 5.81. The number of amides is 1. The molecular weight excluding hydrogens is 230 g/mol. The van der Waals surface area contributed by atoms with Crippen LogP contribution in [-0.4, -0.2) is 34.5 Å². The van der Waals surface area contributed by atoms with Crippen LogP contribution in [0.3, 0.4) is 0 Å². The van der Waals surface area contributed by atoms with Gasteiger partial charge in [-0.1, -0.05) is 20.3 Å². The van der Waals surface area contributed by atoms with Gasteiger partial charge in [0.2, 0.25) is 5.91 Å². The highest BCUT2D eigenvalue weighted by atomic mass is 16.4. The number of nitrogens with zero attached hydrogens (tertiary/aromatic N) is 1. The maximum atomic E-state index is 12.6. The second kappa shape index (κ2) is 4.90. The lowest BCUT2D eigenvalue weighted by Crippen LogP contribution is -2.42. The van der Waals surface area contributed by atoms with E-state index in [1.165, 1.54) is 0 Å². The van der Waals surface area contributed by atoms with E-state index in [2.05, 4.69) is 13.8 Å².